The number of amides is 1. The summed E-state index contributed by atoms with van der Waals surface area (Å²) in [5.41, 5.74) is -0.190. The molecule has 1 amide bonds. The SMILES string of the molecule is CC(O)CCNC(=O)c1ccccc1[N+](=O)[O-]. The monoisotopic (exact) mass is 238 g/mol. The molecule has 0 bridgehead atoms. The second-order valence-corrected chi connectivity index (χ2v) is 3.67. The molecule has 0 radical (unpaired) electrons. The highest BCUT2D eigenvalue weighted by Gasteiger charge is 2.18. The summed E-state index contributed by atoms with van der Waals surface area (Å²) < 4.78 is 0. The Morgan fingerprint density at radius 1 is 1.53 bits per heavy atom. The topological polar surface area (TPSA) is 92.5 Å². The lowest BCUT2D eigenvalue weighted by Crippen LogP contribution is -2.27. The van der Waals surface area contributed by atoms with E-state index in [4.69, 9.17) is 5.11 Å². The Labute approximate surface area is 98.4 Å². The molecule has 0 aromatic heterocycles. The first-order valence-corrected chi connectivity index (χ1v) is 5.22. The summed E-state index contributed by atoms with van der Waals surface area (Å²) in [4.78, 5) is 21.8. The number of nitro groups is 1. The van der Waals surface area contributed by atoms with Gasteiger partial charge in [0.25, 0.3) is 11.6 Å². The van der Waals surface area contributed by atoms with E-state index in [1.807, 2.05) is 0 Å². The molecule has 0 aliphatic carbocycles. The lowest BCUT2D eigenvalue weighted by molar-refractivity contribution is -0.385. The second-order valence-electron chi connectivity index (χ2n) is 3.67. The fourth-order valence-electron chi connectivity index (χ4n) is 1.31. The molecule has 0 aliphatic heterocycles. The molecule has 1 aromatic carbocycles. The van der Waals surface area contributed by atoms with E-state index in [2.05, 4.69) is 5.32 Å². The van der Waals surface area contributed by atoms with Gasteiger partial charge in [0, 0.05) is 12.6 Å². The molecule has 1 atom stereocenters. The van der Waals surface area contributed by atoms with Crippen LogP contribution in [0.15, 0.2) is 24.3 Å². The maximum absolute atomic E-state index is 11.7. The van der Waals surface area contributed by atoms with Crippen LogP contribution in [0, 0.1) is 10.1 Å². The highest BCUT2D eigenvalue weighted by Crippen LogP contribution is 2.17. The van der Waals surface area contributed by atoms with Gasteiger partial charge in [0.15, 0.2) is 0 Å². The summed E-state index contributed by atoms with van der Waals surface area (Å²) in [7, 11) is 0. The minimum Gasteiger partial charge on any atom is -0.393 e. The van der Waals surface area contributed by atoms with Crippen LogP contribution in [0.1, 0.15) is 23.7 Å². The van der Waals surface area contributed by atoms with Crippen LogP contribution < -0.4 is 5.32 Å². The van der Waals surface area contributed by atoms with E-state index in [9.17, 15) is 14.9 Å². The quantitative estimate of drug-likeness (QED) is 0.593. The van der Waals surface area contributed by atoms with E-state index >= 15 is 0 Å². The van der Waals surface area contributed by atoms with Crippen LogP contribution in [0.2, 0.25) is 0 Å². The van der Waals surface area contributed by atoms with Crippen LogP contribution >= 0.6 is 0 Å². The highest BCUT2D eigenvalue weighted by atomic mass is 16.6. The van der Waals surface area contributed by atoms with Gasteiger partial charge in [-0.15, -0.1) is 0 Å². The van der Waals surface area contributed by atoms with E-state index in [0.717, 1.165) is 0 Å². The van der Waals surface area contributed by atoms with Crippen molar-refractivity contribution >= 4 is 11.6 Å². The number of carbonyl (C=O) groups is 1. The third-order valence-electron chi connectivity index (χ3n) is 2.19. The third-order valence-corrected chi connectivity index (χ3v) is 2.19. The summed E-state index contributed by atoms with van der Waals surface area (Å²) in [5.74, 6) is -0.502. The lowest BCUT2D eigenvalue weighted by Gasteiger charge is -2.06. The predicted octanol–water partition coefficient (Wildman–Crippen LogP) is 1.10. The molecule has 2 N–H and O–H groups in total. The van der Waals surface area contributed by atoms with Crippen LogP contribution in [0.25, 0.3) is 0 Å². The van der Waals surface area contributed by atoms with Gasteiger partial charge in [0.2, 0.25) is 0 Å². The van der Waals surface area contributed by atoms with Gasteiger partial charge in [-0.1, -0.05) is 12.1 Å². The average Bonchev–Trinajstić information content (AvgIpc) is 2.28. The molecular formula is C11H14N2O4. The van der Waals surface area contributed by atoms with E-state index in [1.165, 1.54) is 18.2 Å². The van der Waals surface area contributed by atoms with Crippen molar-refractivity contribution < 1.29 is 14.8 Å². The first-order chi connectivity index (χ1) is 8.02. The molecule has 0 saturated carbocycles. The number of aliphatic hydroxyl groups excluding tert-OH is 1. The summed E-state index contributed by atoms with van der Waals surface area (Å²) >= 11 is 0. The molecule has 92 valence electrons. The Bertz CT molecular complexity index is 418. The number of nitro benzene ring substituents is 1. The molecule has 0 heterocycles. The number of carbonyl (C=O) groups excluding carboxylic acids is 1. The number of hydrogen-bond acceptors (Lipinski definition) is 4. The summed E-state index contributed by atoms with van der Waals surface area (Å²) in [6.45, 7) is 1.89. The Balaban J connectivity index is 2.72. The Morgan fingerprint density at radius 2 is 2.18 bits per heavy atom. The highest BCUT2D eigenvalue weighted by molar-refractivity contribution is 5.98. The van der Waals surface area contributed by atoms with Crippen molar-refractivity contribution in [1.29, 1.82) is 0 Å². The first-order valence-electron chi connectivity index (χ1n) is 5.22. The Kier molecular flexibility index (Phi) is 4.59. The number of rotatable bonds is 5. The molecule has 0 aliphatic rings. The summed E-state index contributed by atoms with van der Waals surface area (Å²) in [6.07, 6.45) is -0.104. The standard InChI is InChI=1S/C11H14N2O4/c1-8(14)6-7-12-11(15)9-4-2-3-5-10(9)13(16)17/h2-5,8,14H,6-7H2,1H3,(H,12,15). The van der Waals surface area contributed by atoms with Crippen molar-refractivity contribution in [1.82, 2.24) is 5.32 Å². The molecule has 1 unspecified atom stereocenters. The van der Waals surface area contributed by atoms with Crippen LogP contribution in [-0.2, 0) is 0 Å². The predicted molar refractivity (Wildman–Crippen MR) is 61.7 cm³/mol. The maximum Gasteiger partial charge on any atom is 0.282 e. The largest absolute Gasteiger partial charge is 0.393 e. The zero-order chi connectivity index (χ0) is 12.8. The number of aliphatic hydroxyl groups is 1. The first kappa shape index (κ1) is 13.1. The minimum absolute atomic E-state index is 0.0306. The van der Waals surface area contributed by atoms with Gasteiger partial charge in [-0.05, 0) is 19.4 Å². The third kappa shape index (κ3) is 3.84. The van der Waals surface area contributed by atoms with Gasteiger partial charge in [-0.25, -0.2) is 0 Å². The molecule has 0 saturated heterocycles. The molecule has 1 rings (SSSR count). The maximum atomic E-state index is 11.7. The van der Waals surface area contributed by atoms with Crippen LogP contribution in [0.3, 0.4) is 0 Å². The molecular weight excluding hydrogens is 224 g/mol. The van der Waals surface area contributed by atoms with Gasteiger partial charge in [0.05, 0.1) is 11.0 Å². The van der Waals surface area contributed by atoms with E-state index < -0.39 is 16.9 Å². The van der Waals surface area contributed by atoms with Gasteiger partial charge >= 0.3 is 0 Å². The molecule has 0 fully saturated rings. The number of para-hydroxylation sites is 1. The fourth-order valence-corrected chi connectivity index (χ4v) is 1.31. The molecule has 17 heavy (non-hydrogen) atoms. The van der Waals surface area contributed by atoms with Crippen molar-refractivity contribution in [2.45, 2.75) is 19.4 Å². The van der Waals surface area contributed by atoms with Gasteiger partial charge in [0.1, 0.15) is 5.56 Å². The average molecular weight is 238 g/mol. The number of nitrogens with zero attached hydrogens (tertiary/aromatic N) is 1. The van der Waals surface area contributed by atoms with E-state index in [1.54, 1.807) is 13.0 Å². The zero-order valence-electron chi connectivity index (χ0n) is 9.42. The van der Waals surface area contributed by atoms with Crippen molar-refractivity contribution in [2.24, 2.45) is 0 Å². The lowest BCUT2D eigenvalue weighted by atomic mass is 10.1. The molecule has 6 nitrogen and oxygen atoms in total. The number of nitrogens with one attached hydrogen (secondary N) is 1. The normalized spacial score (nSPS) is 11.9. The molecule has 6 heteroatoms. The fraction of sp³-hybridized carbons (Fsp3) is 0.364. The number of hydrogen-bond donors (Lipinski definition) is 2. The summed E-state index contributed by atoms with van der Waals surface area (Å²) in [6, 6.07) is 5.75. The zero-order valence-corrected chi connectivity index (χ0v) is 9.42. The summed E-state index contributed by atoms with van der Waals surface area (Å²) in [5, 5.41) is 22.2. The number of benzene rings is 1. The van der Waals surface area contributed by atoms with Gasteiger partial charge in [-0.2, -0.15) is 0 Å². The van der Waals surface area contributed by atoms with Crippen LogP contribution in [0.5, 0.6) is 0 Å². The van der Waals surface area contributed by atoms with E-state index in [0.29, 0.717) is 6.42 Å². The Morgan fingerprint density at radius 3 is 2.76 bits per heavy atom. The van der Waals surface area contributed by atoms with E-state index in [-0.39, 0.29) is 17.8 Å². The van der Waals surface area contributed by atoms with Crippen molar-refractivity contribution in [3.63, 3.8) is 0 Å². The molecule has 0 spiro atoms. The van der Waals surface area contributed by atoms with Crippen molar-refractivity contribution in [3.05, 3.63) is 39.9 Å². The van der Waals surface area contributed by atoms with Gasteiger partial charge in [-0.3, -0.25) is 14.9 Å². The Hall–Kier alpha value is -1.95. The minimum atomic E-state index is -0.594. The van der Waals surface area contributed by atoms with Crippen molar-refractivity contribution in [2.75, 3.05) is 6.54 Å². The van der Waals surface area contributed by atoms with Crippen molar-refractivity contribution in [3.8, 4) is 0 Å². The van der Waals surface area contributed by atoms with Gasteiger partial charge < -0.3 is 10.4 Å². The van der Waals surface area contributed by atoms with Crippen LogP contribution in [0.4, 0.5) is 5.69 Å². The smallest absolute Gasteiger partial charge is 0.282 e. The van der Waals surface area contributed by atoms with Crippen LogP contribution in [-0.4, -0.2) is 28.6 Å². The second kappa shape index (κ2) is 5.95. The molecule has 1 aromatic rings.